The number of aliphatic hydroxyl groups excluding tert-OH is 1. The van der Waals surface area contributed by atoms with Crippen LogP contribution in [0.5, 0.6) is 0 Å². The van der Waals surface area contributed by atoms with E-state index in [1.807, 2.05) is 24.8 Å². The van der Waals surface area contributed by atoms with Crippen molar-refractivity contribution in [2.45, 2.75) is 38.1 Å². The molecule has 5 heteroatoms. The number of hydrogen-bond acceptors (Lipinski definition) is 4. The van der Waals surface area contributed by atoms with E-state index >= 15 is 0 Å². The molecule has 0 amide bonds. The molecule has 3 aromatic rings. The molecule has 4 rings (SSSR count). The van der Waals surface area contributed by atoms with E-state index in [4.69, 9.17) is 0 Å². The van der Waals surface area contributed by atoms with E-state index in [-0.39, 0.29) is 12.1 Å². The predicted octanol–water partition coefficient (Wildman–Crippen LogP) is 2.87. The van der Waals surface area contributed by atoms with E-state index in [2.05, 4.69) is 50.2 Å². The second-order valence-corrected chi connectivity index (χ2v) is 7.09. The van der Waals surface area contributed by atoms with Crippen molar-refractivity contribution in [2.75, 3.05) is 0 Å². The summed E-state index contributed by atoms with van der Waals surface area (Å²) in [5.74, 6) is 0.485. The highest BCUT2D eigenvalue weighted by molar-refractivity contribution is 5.62. The molecule has 0 saturated heterocycles. The van der Waals surface area contributed by atoms with Crippen LogP contribution in [-0.2, 0) is 13.1 Å². The Kier molecular flexibility index (Phi) is 5.09. The molecule has 0 spiro atoms. The fourth-order valence-electron chi connectivity index (χ4n) is 3.82. The Morgan fingerprint density at radius 2 is 2.00 bits per heavy atom. The molecule has 0 aliphatic heterocycles. The highest BCUT2D eigenvalue weighted by Crippen LogP contribution is 2.28. The number of pyridine rings is 1. The standard InChI is InChI=1S/C21H24N4O/c26-21-11-17(14-25-8-7-23-15-25)10-20(21)24-12-16-3-1-4-18(9-16)19-5-2-6-22-13-19/h1-9,13,15,17,20-21,24,26H,10-12,14H2/t17?,20-,21-/m1/s1. The Hall–Kier alpha value is -2.50. The number of imidazole rings is 1. The first kappa shape index (κ1) is 16.9. The molecule has 1 aliphatic carbocycles. The third kappa shape index (κ3) is 4.00. The zero-order valence-electron chi connectivity index (χ0n) is 14.7. The number of rotatable bonds is 6. The SMILES string of the molecule is O[C@@H]1CC(Cn2ccnc2)C[C@H]1NCc1cccc(-c2cccnc2)c1. The zero-order valence-corrected chi connectivity index (χ0v) is 14.7. The molecule has 2 aromatic heterocycles. The van der Waals surface area contributed by atoms with E-state index in [1.165, 1.54) is 11.1 Å². The predicted molar refractivity (Wildman–Crippen MR) is 101 cm³/mol. The van der Waals surface area contributed by atoms with Crippen molar-refractivity contribution in [3.63, 3.8) is 0 Å². The fourth-order valence-corrected chi connectivity index (χ4v) is 3.82. The molecular weight excluding hydrogens is 324 g/mol. The van der Waals surface area contributed by atoms with Gasteiger partial charge in [-0.2, -0.15) is 0 Å². The molecule has 1 saturated carbocycles. The molecule has 2 heterocycles. The molecule has 2 N–H and O–H groups in total. The number of benzene rings is 1. The first-order chi connectivity index (χ1) is 12.8. The molecule has 1 aliphatic rings. The van der Waals surface area contributed by atoms with Crippen LogP contribution in [-0.4, -0.2) is 31.8 Å². The molecule has 1 unspecified atom stereocenters. The summed E-state index contributed by atoms with van der Waals surface area (Å²) >= 11 is 0. The molecular formula is C21H24N4O. The lowest BCUT2D eigenvalue weighted by atomic mass is 10.0. The van der Waals surface area contributed by atoms with Crippen molar-refractivity contribution < 1.29 is 5.11 Å². The van der Waals surface area contributed by atoms with Gasteiger partial charge in [0.25, 0.3) is 0 Å². The molecule has 0 bridgehead atoms. The van der Waals surface area contributed by atoms with Gasteiger partial charge in [0.1, 0.15) is 0 Å². The lowest BCUT2D eigenvalue weighted by Gasteiger charge is -2.17. The Morgan fingerprint density at radius 1 is 1.08 bits per heavy atom. The Balaban J connectivity index is 1.35. The average Bonchev–Trinajstić information content (AvgIpc) is 3.31. The van der Waals surface area contributed by atoms with E-state index < -0.39 is 0 Å². The summed E-state index contributed by atoms with van der Waals surface area (Å²) in [5.41, 5.74) is 3.51. The van der Waals surface area contributed by atoms with Gasteiger partial charge < -0.3 is 15.0 Å². The van der Waals surface area contributed by atoms with Gasteiger partial charge in [0.05, 0.1) is 12.4 Å². The van der Waals surface area contributed by atoms with Crippen LogP contribution in [0.25, 0.3) is 11.1 Å². The second-order valence-electron chi connectivity index (χ2n) is 7.09. The summed E-state index contributed by atoms with van der Waals surface area (Å²) in [5, 5.41) is 13.9. The van der Waals surface area contributed by atoms with Crippen LogP contribution in [0.3, 0.4) is 0 Å². The quantitative estimate of drug-likeness (QED) is 0.719. The van der Waals surface area contributed by atoms with Crippen LogP contribution in [0, 0.1) is 5.92 Å². The largest absolute Gasteiger partial charge is 0.391 e. The summed E-state index contributed by atoms with van der Waals surface area (Å²) in [4.78, 5) is 8.29. The normalized spacial score (nSPS) is 22.6. The van der Waals surface area contributed by atoms with Crippen LogP contribution < -0.4 is 5.32 Å². The molecule has 5 nitrogen and oxygen atoms in total. The third-order valence-corrected chi connectivity index (χ3v) is 5.14. The fraction of sp³-hybridized carbons (Fsp3) is 0.333. The maximum atomic E-state index is 10.4. The topological polar surface area (TPSA) is 63.0 Å². The number of aliphatic hydroxyl groups is 1. The van der Waals surface area contributed by atoms with E-state index in [0.29, 0.717) is 5.92 Å². The van der Waals surface area contributed by atoms with Crippen molar-refractivity contribution in [1.29, 1.82) is 0 Å². The summed E-state index contributed by atoms with van der Waals surface area (Å²) in [6.45, 7) is 1.68. The number of nitrogens with zero attached hydrogens (tertiary/aromatic N) is 3. The first-order valence-electron chi connectivity index (χ1n) is 9.14. The lowest BCUT2D eigenvalue weighted by Crippen LogP contribution is -2.35. The minimum absolute atomic E-state index is 0.144. The minimum Gasteiger partial charge on any atom is -0.391 e. The maximum absolute atomic E-state index is 10.4. The number of aromatic nitrogens is 3. The molecule has 0 radical (unpaired) electrons. The van der Waals surface area contributed by atoms with Gasteiger partial charge in [0, 0.05) is 43.9 Å². The van der Waals surface area contributed by atoms with Crippen molar-refractivity contribution in [3.8, 4) is 11.1 Å². The van der Waals surface area contributed by atoms with Crippen LogP contribution >= 0.6 is 0 Å². The summed E-state index contributed by atoms with van der Waals surface area (Å²) in [6.07, 6.45) is 10.8. The summed E-state index contributed by atoms with van der Waals surface area (Å²) in [7, 11) is 0. The van der Waals surface area contributed by atoms with Crippen molar-refractivity contribution in [1.82, 2.24) is 19.9 Å². The maximum Gasteiger partial charge on any atom is 0.0945 e. The summed E-state index contributed by atoms with van der Waals surface area (Å²) in [6, 6.07) is 12.7. The van der Waals surface area contributed by atoms with Crippen LogP contribution in [0.1, 0.15) is 18.4 Å². The smallest absolute Gasteiger partial charge is 0.0945 e. The lowest BCUT2D eigenvalue weighted by molar-refractivity contribution is 0.145. The van der Waals surface area contributed by atoms with E-state index in [0.717, 1.165) is 31.5 Å². The van der Waals surface area contributed by atoms with Crippen LogP contribution in [0.2, 0.25) is 0 Å². The van der Waals surface area contributed by atoms with E-state index in [9.17, 15) is 5.11 Å². The van der Waals surface area contributed by atoms with Gasteiger partial charge in [-0.25, -0.2) is 4.98 Å². The molecule has 1 aromatic carbocycles. The van der Waals surface area contributed by atoms with Crippen LogP contribution in [0.4, 0.5) is 0 Å². The Morgan fingerprint density at radius 3 is 2.81 bits per heavy atom. The summed E-state index contributed by atoms with van der Waals surface area (Å²) < 4.78 is 2.09. The average molecular weight is 348 g/mol. The van der Waals surface area contributed by atoms with E-state index in [1.54, 1.807) is 12.4 Å². The van der Waals surface area contributed by atoms with Crippen molar-refractivity contribution in [2.24, 2.45) is 5.92 Å². The van der Waals surface area contributed by atoms with Gasteiger partial charge >= 0.3 is 0 Å². The first-order valence-corrected chi connectivity index (χ1v) is 9.14. The van der Waals surface area contributed by atoms with Gasteiger partial charge in [-0.15, -0.1) is 0 Å². The second kappa shape index (κ2) is 7.81. The highest BCUT2D eigenvalue weighted by Gasteiger charge is 2.32. The van der Waals surface area contributed by atoms with Gasteiger partial charge in [0.2, 0.25) is 0 Å². The Labute approximate surface area is 153 Å². The molecule has 26 heavy (non-hydrogen) atoms. The molecule has 3 atom stereocenters. The minimum atomic E-state index is -0.287. The van der Waals surface area contributed by atoms with Gasteiger partial charge in [-0.1, -0.05) is 24.3 Å². The number of nitrogens with one attached hydrogen (secondary N) is 1. The highest BCUT2D eigenvalue weighted by atomic mass is 16.3. The van der Waals surface area contributed by atoms with Crippen molar-refractivity contribution >= 4 is 0 Å². The molecule has 1 fully saturated rings. The van der Waals surface area contributed by atoms with Crippen LogP contribution in [0.15, 0.2) is 67.5 Å². The van der Waals surface area contributed by atoms with Gasteiger partial charge in [0.15, 0.2) is 0 Å². The third-order valence-electron chi connectivity index (χ3n) is 5.14. The Bertz CT molecular complexity index is 819. The van der Waals surface area contributed by atoms with Crippen molar-refractivity contribution in [3.05, 3.63) is 73.1 Å². The molecule has 134 valence electrons. The van der Waals surface area contributed by atoms with Gasteiger partial charge in [-0.3, -0.25) is 4.98 Å². The van der Waals surface area contributed by atoms with Gasteiger partial charge in [-0.05, 0) is 47.6 Å². The number of hydrogen-bond donors (Lipinski definition) is 2. The zero-order chi connectivity index (χ0) is 17.8. The monoisotopic (exact) mass is 348 g/mol.